The molecule has 0 saturated heterocycles. The van der Waals surface area contributed by atoms with Crippen LogP contribution in [-0.2, 0) is 4.80 Å². The highest BCUT2D eigenvalue weighted by atomic mass is 28.4. The molecule has 0 heterocycles. The van der Waals surface area contributed by atoms with Crippen molar-refractivity contribution in [1.29, 1.82) is 0 Å². The summed E-state index contributed by atoms with van der Waals surface area (Å²) in [6.07, 6.45) is 19.5. The monoisotopic (exact) mass is 299 g/mol. The molecule has 0 rings (SSSR count). The van der Waals surface area contributed by atoms with Gasteiger partial charge in [-0.3, -0.25) is 4.80 Å². The SMILES string of the molecule is CCCCCCCCCCCCCCCC[Si](C)(C)[O]. The second-order valence-corrected chi connectivity index (χ2v) is 11.1. The Balaban J connectivity index is 2.99. The van der Waals surface area contributed by atoms with Crippen molar-refractivity contribution in [3.63, 3.8) is 0 Å². The van der Waals surface area contributed by atoms with Gasteiger partial charge >= 0.3 is 0 Å². The molecule has 1 radical (unpaired) electrons. The van der Waals surface area contributed by atoms with E-state index in [1.165, 1.54) is 89.9 Å². The van der Waals surface area contributed by atoms with E-state index in [4.69, 9.17) is 0 Å². The zero-order valence-corrected chi connectivity index (χ0v) is 15.5. The molecule has 0 aromatic carbocycles. The third kappa shape index (κ3) is 18.2. The fourth-order valence-corrected chi connectivity index (χ4v) is 3.85. The molecule has 0 bridgehead atoms. The largest absolute Gasteiger partial charge is 0.298 e. The predicted octanol–water partition coefficient (Wildman–Crippen LogP) is 7.10. The van der Waals surface area contributed by atoms with Crippen molar-refractivity contribution >= 4 is 8.32 Å². The molecule has 0 aliphatic rings. The maximum Gasteiger partial charge on any atom is 0.231 e. The molecule has 0 aromatic rings. The van der Waals surface area contributed by atoms with E-state index in [0.717, 1.165) is 6.04 Å². The zero-order chi connectivity index (χ0) is 15.1. The number of rotatable bonds is 15. The van der Waals surface area contributed by atoms with Gasteiger partial charge in [0.1, 0.15) is 0 Å². The van der Waals surface area contributed by atoms with Crippen LogP contribution < -0.4 is 0 Å². The minimum absolute atomic E-state index is 0.977. The highest BCUT2D eigenvalue weighted by Gasteiger charge is 2.18. The zero-order valence-electron chi connectivity index (χ0n) is 14.5. The number of unbranched alkanes of at least 4 members (excludes halogenated alkanes) is 13. The molecule has 0 aliphatic carbocycles. The van der Waals surface area contributed by atoms with Crippen molar-refractivity contribution in [2.75, 3.05) is 0 Å². The summed E-state index contributed by atoms with van der Waals surface area (Å²) in [5.74, 6) is 0. The van der Waals surface area contributed by atoms with Crippen LogP contribution in [0.4, 0.5) is 0 Å². The summed E-state index contributed by atoms with van der Waals surface area (Å²) in [4.78, 5) is 11.6. The first-order chi connectivity index (χ1) is 9.56. The van der Waals surface area contributed by atoms with Crippen LogP contribution in [0.2, 0.25) is 19.1 Å². The van der Waals surface area contributed by atoms with Gasteiger partial charge in [-0.2, -0.15) is 0 Å². The quantitative estimate of drug-likeness (QED) is 0.227. The average Bonchev–Trinajstić information content (AvgIpc) is 2.38. The summed E-state index contributed by atoms with van der Waals surface area (Å²) in [6, 6.07) is 0.977. The van der Waals surface area contributed by atoms with Crippen molar-refractivity contribution in [2.24, 2.45) is 0 Å². The normalized spacial score (nSPS) is 12.0. The Bertz CT molecular complexity index is 186. The van der Waals surface area contributed by atoms with Crippen molar-refractivity contribution in [3.05, 3.63) is 0 Å². The third-order valence-corrected chi connectivity index (χ3v) is 5.69. The Kier molecular flexibility index (Phi) is 14.3. The molecule has 2 heteroatoms. The van der Waals surface area contributed by atoms with Gasteiger partial charge < -0.3 is 0 Å². The fourth-order valence-electron chi connectivity index (χ4n) is 2.75. The molecule has 20 heavy (non-hydrogen) atoms. The van der Waals surface area contributed by atoms with Gasteiger partial charge in [-0.25, -0.2) is 0 Å². The highest BCUT2D eigenvalue weighted by molar-refractivity contribution is 6.69. The lowest BCUT2D eigenvalue weighted by Gasteiger charge is -2.10. The molecular formula is C18H39OSi. The van der Waals surface area contributed by atoms with Gasteiger partial charge in [0, 0.05) is 0 Å². The molecule has 1 nitrogen and oxygen atoms in total. The van der Waals surface area contributed by atoms with Crippen LogP contribution in [0.15, 0.2) is 0 Å². The van der Waals surface area contributed by atoms with Crippen LogP contribution in [0, 0.1) is 0 Å². The lowest BCUT2D eigenvalue weighted by molar-refractivity contribution is 0.423. The summed E-state index contributed by atoms with van der Waals surface area (Å²) in [5.41, 5.74) is 0. The molecule has 0 N–H and O–H groups in total. The minimum atomic E-state index is -2.01. The van der Waals surface area contributed by atoms with Gasteiger partial charge in [-0.1, -0.05) is 96.8 Å². The molecule has 0 amide bonds. The summed E-state index contributed by atoms with van der Waals surface area (Å²) >= 11 is 0. The van der Waals surface area contributed by atoms with E-state index in [0.29, 0.717) is 0 Å². The van der Waals surface area contributed by atoms with Crippen LogP contribution in [0.25, 0.3) is 0 Å². The van der Waals surface area contributed by atoms with Crippen LogP contribution in [-0.4, -0.2) is 8.32 Å². The Hall–Kier alpha value is 0.177. The summed E-state index contributed by atoms with van der Waals surface area (Å²) in [7, 11) is -2.01. The Labute approximate surface area is 129 Å². The number of hydrogen-bond donors (Lipinski definition) is 0. The topological polar surface area (TPSA) is 19.9 Å². The van der Waals surface area contributed by atoms with E-state index in [2.05, 4.69) is 6.92 Å². The van der Waals surface area contributed by atoms with E-state index in [-0.39, 0.29) is 0 Å². The maximum absolute atomic E-state index is 11.6. The highest BCUT2D eigenvalue weighted by Crippen LogP contribution is 2.15. The van der Waals surface area contributed by atoms with Gasteiger partial charge in [0.15, 0.2) is 0 Å². The van der Waals surface area contributed by atoms with Gasteiger partial charge in [-0.15, -0.1) is 0 Å². The third-order valence-electron chi connectivity index (χ3n) is 4.13. The van der Waals surface area contributed by atoms with Crippen molar-refractivity contribution in [2.45, 2.75) is 116 Å². The van der Waals surface area contributed by atoms with Crippen LogP contribution in [0.5, 0.6) is 0 Å². The van der Waals surface area contributed by atoms with E-state index in [9.17, 15) is 4.80 Å². The first-order valence-corrected chi connectivity index (χ1v) is 12.4. The Morgan fingerprint density at radius 3 is 1.15 bits per heavy atom. The van der Waals surface area contributed by atoms with Gasteiger partial charge in [0.25, 0.3) is 0 Å². The number of hydrogen-bond acceptors (Lipinski definition) is 0. The minimum Gasteiger partial charge on any atom is -0.298 e. The molecule has 0 saturated carbocycles. The van der Waals surface area contributed by atoms with Crippen molar-refractivity contribution in [3.8, 4) is 0 Å². The van der Waals surface area contributed by atoms with Crippen LogP contribution in [0.3, 0.4) is 0 Å². The average molecular weight is 300 g/mol. The first kappa shape index (κ1) is 20.2. The summed E-state index contributed by atoms with van der Waals surface area (Å²) < 4.78 is 0. The van der Waals surface area contributed by atoms with Gasteiger partial charge in [-0.05, 0) is 19.1 Å². The lowest BCUT2D eigenvalue weighted by atomic mass is 10.0. The maximum atomic E-state index is 11.6. The summed E-state index contributed by atoms with van der Waals surface area (Å²) in [5, 5.41) is 0. The Morgan fingerprint density at radius 1 is 0.550 bits per heavy atom. The predicted molar refractivity (Wildman–Crippen MR) is 93.3 cm³/mol. The van der Waals surface area contributed by atoms with Crippen molar-refractivity contribution in [1.82, 2.24) is 0 Å². The van der Waals surface area contributed by atoms with Gasteiger partial charge in [0.05, 0.1) is 0 Å². The molecule has 0 aliphatic heterocycles. The van der Waals surface area contributed by atoms with Crippen LogP contribution >= 0.6 is 0 Å². The second-order valence-electron chi connectivity index (χ2n) is 7.11. The van der Waals surface area contributed by atoms with Gasteiger partial charge in [0.2, 0.25) is 8.32 Å². The first-order valence-electron chi connectivity index (χ1n) is 9.26. The summed E-state index contributed by atoms with van der Waals surface area (Å²) in [6.45, 7) is 6.16. The van der Waals surface area contributed by atoms with Crippen molar-refractivity contribution < 1.29 is 4.80 Å². The second kappa shape index (κ2) is 14.1. The molecule has 0 atom stereocenters. The van der Waals surface area contributed by atoms with E-state index in [1.807, 2.05) is 13.1 Å². The van der Waals surface area contributed by atoms with E-state index in [1.54, 1.807) is 0 Å². The molecule has 0 unspecified atom stereocenters. The molecular weight excluding hydrogens is 260 g/mol. The fraction of sp³-hybridized carbons (Fsp3) is 1.00. The lowest BCUT2D eigenvalue weighted by Crippen LogP contribution is -2.21. The standard InChI is InChI=1S/C18H39OSi/c1-4-5-6-7-8-9-10-11-12-13-14-15-16-17-18-20(2,3)19/h4-18H2,1-3H3. The Morgan fingerprint density at radius 2 is 0.850 bits per heavy atom. The molecule has 0 aromatic heterocycles. The smallest absolute Gasteiger partial charge is 0.231 e. The van der Waals surface area contributed by atoms with E-state index < -0.39 is 8.32 Å². The molecule has 0 fully saturated rings. The molecule has 0 spiro atoms. The van der Waals surface area contributed by atoms with Crippen LogP contribution in [0.1, 0.15) is 96.8 Å². The van der Waals surface area contributed by atoms with E-state index >= 15 is 0 Å². The molecule has 121 valence electrons.